The molecule has 1 aromatic rings. The third-order valence-electron chi connectivity index (χ3n) is 1.69. The first-order valence-corrected chi connectivity index (χ1v) is 7.28. The predicted octanol–water partition coefficient (Wildman–Crippen LogP) is 1.11. The van der Waals surface area contributed by atoms with Crippen LogP contribution in [0.3, 0.4) is 0 Å². The molecule has 1 heterocycles. The summed E-state index contributed by atoms with van der Waals surface area (Å²) in [4.78, 5) is 3.99. The molecule has 1 rings (SSSR count). The number of aromatic nitrogens is 1. The Balaban J connectivity index is 2.53. The van der Waals surface area contributed by atoms with Crippen molar-refractivity contribution in [3.63, 3.8) is 0 Å². The van der Waals surface area contributed by atoms with Gasteiger partial charge in [0.15, 0.2) is 0 Å². The summed E-state index contributed by atoms with van der Waals surface area (Å²) in [5, 5.41) is 0. The molecular weight excluding hydrogens is 232 g/mol. The van der Waals surface area contributed by atoms with Crippen molar-refractivity contribution in [3.05, 3.63) is 24.5 Å². The zero-order valence-corrected chi connectivity index (χ0v) is 10.1. The highest BCUT2D eigenvalue weighted by Crippen LogP contribution is 2.05. The van der Waals surface area contributed by atoms with Crippen LogP contribution in [0.15, 0.2) is 29.4 Å². The van der Waals surface area contributed by atoms with Gasteiger partial charge in [-0.2, -0.15) is 11.8 Å². The fourth-order valence-corrected chi connectivity index (χ4v) is 2.64. The van der Waals surface area contributed by atoms with Crippen LogP contribution < -0.4 is 4.72 Å². The van der Waals surface area contributed by atoms with E-state index in [0.29, 0.717) is 6.54 Å². The molecule has 0 unspecified atom stereocenters. The summed E-state index contributed by atoms with van der Waals surface area (Å²) >= 11 is 1.70. The van der Waals surface area contributed by atoms with Gasteiger partial charge in [0.05, 0.1) is 0 Å². The van der Waals surface area contributed by atoms with Gasteiger partial charge >= 0.3 is 0 Å². The minimum atomic E-state index is -3.37. The fraction of sp³-hybridized carbons (Fsp3) is 0.444. The molecule has 0 saturated carbocycles. The van der Waals surface area contributed by atoms with Crippen LogP contribution in [0.25, 0.3) is 0 Å². The Kier molecular flexibility index (Phi) is 5.07. The van der Waals surface area contributed by atoms with E-state index in [0.717, 1.165) is 11.5 Å². The molecule has 0 amide bonds. The van der Waals surface area contributed by atoms with Crippen LogP contribution in [0.1, 0.15) is 6.92 Å². The minimum Gasteiger partial charge on any atom is -0.263 e. The Morgan fingerprint density at radius 3 is 2.93 bits per heavy atom. The Hall–Kier alpha value is -0.590. The summed E-state index contributed by atoms with van der Waals surface area (Å²) in [5.41, 5.74) is 0. The molecule has 1 aromatic heterocycles. The smallest absolute Gasteiger partial charge is 0.242 e. The summed E-state index contributed by atoms with van der Waals surface area (Å²) in [5.74, 6) is 1.78. The Morgan fingerprint density at radius 1 is 1.53 bits per heavy atom. The molecule has 84 valence electrons. The molecule has 0 aliphatic carbocycles. The largest absolute Gasteiger partial charge is 0.263 e. The van der Waals surface area contributed by atoms with Crippen LogP contribution in [0, 0.1) is 0 Å². The van der Waals surface area contributed by atoms with Crippen molar-refractivity contribution in [1.82, 2.24) is 9.71 Å². The minimum absolute atomic E-state index is 0.214. The highest BCUT2D eigenvalue weighted by atomic mass is 32.2. The van der Waals surface area contributed by atoms with Gasteiger partial charge in [0.25, 0.3) is 0 Å². The molecule has 0 radical (unpaired) electrons. The van der Waals surface area contributed by atoms with Gasteiger partial charge in [-0.3, -0.25) is 4.98 Å². The Morgan fingerprint density at radius 2 is 2.33 bits per heavy atom. The van der Waals surface area contributed by atoms with Gasteiger partial charge < -0.3 is 0 Å². The van der Waals surface area contributed by atoms with Gasteiger partial charge in [-0.1, -0.05) is 6.92 Å². The van der Waals surface area contributed by atoms with E-state index in [9.17, 15) is 8.42 Å². The SMILES string of the molecule is CCSCCNS(=O)(=O)c1cccnc1. The van der Waals surface area contributed by atoms with Crippen LogP contribution in [0.5, 0.6) is 0 Å². The second-order valence-corrected chi connectivity index (χ2v) is 5.94. The van der Waals surface area contributed by atoms with Gasteiger partial charge in [-0.15, -0.1) is 0 Å². The van der Waals surface area contributed by atoms with Gasteiger partial charge in [0.2, 0.25) is 10.0 Å². The maximum atomic E-state index is 11.6. The van der Waals surface area contributed by atoms with E-state index in [1.165, 1.54) is 12.3 Å². The molecule has 0 aliphatic heterocycles. The zero-order valence-electron chi connectivity index (χ0n) is 8.51. The maximum absolute atomic E-state index is 11.6. The first kappa shape index (κ1) is 12.5. The number of pyridine rings is 1. The standard InChI is InChI=1S/C9H14N2O2S2/c1-2-14-7-6-11-15(12,13)9-4-3-5-10-8-9/h3-5,8,11H,2,6-7H2,1H3. The van der Waals surface area contributed by atoms with Crippen molar-refractivity contribution in [2.75, 3.05) is 18.1 Å². The van der Waals surface area contributed by atoms with Gasteiger partial charge in [-0.25, -0.2) is 13.1 Å². The van der Waals surface area contributed by atoms with Crippen molar-refractivity contribution in [2.24, 2.45) is 0 Å². The molecule has 0 aromatic carbocycles. The average Bonchev–Trinajstić information content (AvgIpc) is 2.26. The first-order chi connectivity index (χ1) is 7.17. The van der Waals surface area contributed by atoms with E-state index < -0.39 is 10.0 Å². The maximum Gasteiger partial charge on any atom is 0.242 e. The van der Waals surface area contributed by atoms with Crippen LogP contribution in [-0.4, -0.2) is 31.5 Å². The van der Waals surface area contributed by atoms with Crippen LogP contribution >= 0.6 is 11.8 Å². The second-order valence-electron chi connectivity index (χ2n) is 2.78. The monoisotopic (exact) mass is 246 g/mol. The Bertz CT molecular complexity index is 378. The highest BCUT2D eigenvalue weighted by Gasteiger charge is 2.12. The Labute approximate surface area is 94.5 Å². The first-order valence-electron chi connectivity index (χ1n) is 4.64. The normalized spacial score (nSPS) is 11.5. The summed E-state index contributed by atoms with van der Waals surface area (Å²) in [7, 11) is -3.37. The molecule has 0 spiro atoms. The van der Waals surface area contributed by atoms with E-state index in [4.69, 9.17) is 0 Å². The summed E-state index contributed by atoms with van der Waals surface area (Å²) in [6, 6.07) is 3.14. The van der Waals surface area contributed by atoms with E-state index in [2.05, 4.69) is 9.71 Å². The number of thioether (sulfide) groups is 1. The number of hydrogen-bond acceptors (Lipinski definition) is 4. The quantitative estimate of drug-likeness (QED) is 0.764. The molecule has 1 N–H and O–H groups in total. The molecule has 15 heavy (non-hydrogen) atoms. The van der Waals surface area contributed by atoms with Crippen molar-refractivity contribution < 1.29 is 8.42 Å². The van der Waals surface area contributed by atoms with Gasteiger partial charge in [-0.05, 0) is 17.9 Å². The van der Waals surface area contributed by atoms with Crippen molar-refractivity contribution in [3.8, 4) is 0 Å². The molecule has 0 aliphatic rings. The van der Waals surface area contributed by atoms with Crippen molar-refractivity contribution >= 4 is 21.8 Å². The summed E-state index contributed by atoms with van der Waals surface area (Å²) in [6.45, 7) is 2.50. The number of rotatable bonds is 6. The molecule has 0 bridgehead atoms. The molecule has 0 fully saturated rings. The van der Waals surface area contributed by atoms with Crippen LogP contribution in [0.2, 0.25) is 0 Å². The third kappa shape index (κ3) is 4.19. The number of nitrogens with one attached hydrogen (secondary N) is 1. The molecule has 0 saturated heterocycles. The number of sulfonamides is 1. The fourth-order valence-electron chi connectivity index (χ4n) is 0.982. The van der Waals surface area contributed by atoms with Crippen molar-refractivity contribution in [1.29, 1.82) is 0 Å². The van der Waals surface area contributed by atoms with Gasteiger partial charge in [0.1, 0.15) is 4.90 Å². The van der Waals surface area contributed by atoms with Crippen LogP contribution in [0.4, 0.5) is 0 Å². The molecule has 6 heteroatoms. The highest BCUT2D eigenvalue weighted by molar-refractivity contribution is 7.99. The van der Waals surface area contributed by atoms with Crippen LogP contribution in [-0.2, 0) is 10.0 Å². The number of nitrogens with zero attached hydrogens (tertiary/aromatic N) is 1. The average molecular weight is 246 g/mol. The molecule has 4 nitrogen and oxygen atoms in total. The van der Waals surface area contributed by atoms with E-state index in [-0.39, 0.29) is 4.90 Å². The van der Waals surface area contributed by atoms with Crippen molar-refractivity contribution in [2.45, 2.75) is 11.8 Å². The predicted molar refractivity (Wildman–Crippen MR) is 62.4 cm³/mol. The van der Waals surface area contributed by atoms with Gasteiger partial charge in [0, 0.05) is 24.7 Å². The molecule has 0 atom stereocenters. The topological polar surface area (TPSA) is 59.1 Å². The zero-order chi connectivity index (χ0) is 11.1. The summed E-state index contributed by atoms with van der Waals surface area (Å²) < 4.78 is 25.8. The lowest BCUT2D eigenvalue weighted by molar-refractivity contribution is 0.584. The lowest BCUT2D eigenvalue weighted by Gasteiger charge is -2.05. The van der Waals surface area contributed by atoms with E-state index in [1.54, 1.807) is 24.0 Å². The van der Waals surface area contributed by atoms with E-state index >= 15 is 0 Å². The second kappa shape index (κ2) is 6.09. The molecular formula is C9H14N2O2S2. The lowest BCUT2D eigenvalue weighted by Crippen LogP contribution is -2.26. The summed E-state index contributed by atoms with van der Waals surface area (Å²) in [6.07, 6.45) is 2.89. The third-order valence-corrected chi connectivity index (χ3v) is 4.03. The lowest BCUT2D eigenvalue weighted by atomic mass is 10.5. The van der Waals surface area contributed by atoms with E-state index in [1.807, 2.05) is 6.92 Å². The number of hydrogen-bond donors (Lipinski definition) is 1.